The van der Waals surface area contributed by atoms with E-state index < -0.39 is 12.7 Å². The van der Waals surface area contributed by atoms with Crippen LogP contribution in [-0.4, -0.2) is 39.5 Å². The summed E-state index contributed by atoms with van der Waals surface area (Å²) in [5.74, 6) is 2.03. The van der Waals surface area contributed by atoms with Crippen molar-refractivity contribution in [2.24, 2.45) is 0 Å². The van der Waals surface area contributed by atoms with Crippen molar-refractivity contribution in [2.75, 3.05) is 18.9 Å². The highest BCUT2D eigenvalue weighted by molar-refractivity contribution is 7.98. The van der Waals surface area contributed by atoms with E-state index in [1.165, 1.54) is 11.8 Å². The molecule has 5 rings (SSSR count). The van der Waals surface area contributed by atoms with Gasteiger partial charge in [0.2, 0.25) is 11.6 Å². The molecule has 0 aliphatic carbocycles. The van der Waals surface area contributed by atoms with Gasteiger partial charge in [0.25, 0.3) is 0 Å². The summed E-state index contributed by atoms with van der Waals surface area (Å²) in [4.78, 5) is 12.7. The minimum absolute atomic E-state index is 0.0247. The quantitative estimate of drug-likeness (QED) is 0.148. The number of benzene rings is 3. The number of fused-ring (bicyclic) bond motifs is 1. The number of thioether (sulfide) groups is 1. The highest BCUT2D eigenvalue weighted by Crippen LogP contribution is 2.42. The predicted molar refractivity (Wildman–Crippen MR) is 157 cm³/mol. The van der Waals surface area contributed by atoms with Crippen LogP contribution in [0.4, 0.5) is 11.5 Å². The van der Waals surface area contributed by atoms with Gasteiger partial charge in [0, 0.05) is 16.9 Å². The zero-order valence-electron chi connectivity index (χ0n) is 22.0. The zero-order valence-corrected chi connectivity index (χ0v) is 22.9. The fraction of sp³-hybridized carbons (Fsp3) is 0.161. The normalized spacial score (nSPS) is 11.6. The number of oxazole rings is 1. The van der Waals surface area contributed by atoms with Crippen LogP contribution >= 0.6 is 11.8 Å². The van der Waals surface area contributed by atoms with Crippen LogP contribution in [0, 0.1) is 24.8 Å². The van der Waals surface area contributed by atoms with E-state index in [0.29, 0.717) is 45.0 Å². The fourth-order valence-electron chi connectivity index (χ4n) is 4.28. The molecule has 0 radical (unpaired) electrons. The van der Waals surface area contributed by atoms with Crippen molar-refractivity contribution in [3.63, 3.8) is 0 Å². The van der Waals surface area contributed by atoms with Crippen molar-refractivity contribution in [2.45, 2.75) is 23.8 Å². The number of pyridine rings is 1. The third kappa shape index (κ3) is 5.86. The maximum absolute atomic E-state index is 10.1. The SMILES string of the molecule is [C-]#[N+]c1c(N)nc(SCc2nc(-c3ccc4ccccc4c3)oc2C)c(C#N)c1-c1ccc(OC[C@@H](O)CO)cc1. The number of aryl methyl sites for hydroxylation is 1. The number of nitrogen functional groups attached to an aromatic ring is 1. The van der Waals surface area contributed by atoms with Crippen LogP contribution in [0.5, 0.6) is 5.75 Å². The Kier molecular flexibility index (Phi) is 8.18. The lowest BCUT2D eigenvalue weighted by atomic mass is 10.00. The molecule has 0 spiro atoms. The van der Waals surface area contributed by atoms with Gasteiger partial charge in [-0.05, 0) is 47.5 Å². The molecule has 1 atom stereocenters. The van der Waals surface area contributed by atoms with E-state index in [1.807, 2.05) is 49.4 Å². The van der Waals surface area contributed by atoms with Crippen molar-refractivity contribution < 1.29 is 19.4 Å². The Balaban J connectivity index is 1.42. The molecule has 4 N–H and O–H groups in total. The molecule has 2 heterocycles. The van der Waals surface area contributed by atoms with E-state index in [4.69, 9.17) is 31.6 Å². The average molecular weight is 564 g/mol. The van der Waals surface area contributed by atoms with Crippen LogP contribution in [0.1, 0.15) is 17.0 Å². The number of hydrogen-bond acceptors (Lipinski definition) is 9. The second kappa shape index (κ2) is 12.1. The largest absolute Gasteiger partial charge is 0.491 e. The van der Waals surface area contributed by atoms with Gasteiger partial charge in [0.1, 0.15) is 41.1 Å². The number of hydrogen-bond donors (Lipinski definition) is 3. The molecule has 0 aliphatic heterocycles. The number of nitriles is 1. The summed E-state index contributed by atoms with van der Waals surface area (Å²) in [5.41, 5.74) is 9.06. The number of rotatable bonds is 9. The van der Waals surface area contributed by atoms with E-state index >= 15 is 0 Å². The van der Waals surface area contributed by atoms with Crippen molar-refractivity contribution in [1.29, 1.82) is 5.26 Å². The van der Waals surface area contributed by atoms with E-state index in [0.717, 1.165) is 16.3 Å². The molecule has 0 saturated heterocycles. The number of nitrogens with zero attached hydrogens (tertiary/aromatic N) is 4. The Morgan fingerprint density at radius 2 is 1.83 bits per heavy atom. The molecular formula is C31H25N5O4S. The molecule has 204 valence electrons. The zero-order chi connectivity index (χ0) is 28.9. The summed E-state index contributed by atoms with van der Waals surface area (Å²) in [6.45, 7) is 9.05. The molecule has 2 aromatic heterocycles. The summed E-state index contributed by atoms with van der Waals surface area (Å²) in [5, 5.41) is 31.2. The van der Waals surface area contributed by atoms with Crippen LogP contribution in [0.25, 0.3) is 38.2 Å². The number of aromatic nitrogens is 2. The molecule has 9 nitrogen and oxygen atoms in total. The molecule has 0 fully saturated rings. The molecule has 41 heavy (non-hydrogen) atoms. The second-order valence-corrected chi connectivity index (χ2v) is 10.1. The lowest BCUT2D eigenvalue weighted by Gasteiger charge is -2.14. The van der Waals surface area contributed by atoms with Crippen molar-refractivity contribution in [1.82, 2.24) is 9.97 Å². The minimum Gasteiger partial charge on any atom is -0.491 e. The van der Waals surface area contributed by atoms with E-state index in [9.17, 15) is 10.4 Å². The monoisotopic (exact) mass is 563 g/mol. The number of nitrogens with two attached hydrogens (primary N) is 1. The first-order chi connectivity index (χ1) is 19.9. The van der Waals surface area contributed by atoms with Gasteiger partial charge in [-0.1, -0.05) is 54.2 Å². The van der Waals surface area contributed by atoms with E-state index in [2.05, 4.69) is 15.9 Å². The molecule has 3 aromatic carbocycles. The molecule has 0 amide bonds. The van der Waals surface area contributed by atoms with Crippen LogP contribution in [-0.2, 0) is 5.75 Å². The maximum Gasteiger partial charge on any atom is 0.236 e. The third-order valence-electron chi connectivity index (χ3n) is 6.42. The molecule has 5 aromatic rings. The standard InChI is InChI=1S/C31H25N5O4S/c1-18-26(35-30(40-18)22-8-7-19-5-3-4-6-21(19)13-22)17-41-31-25(14-32)27(28(34-2)29(33)36-31)20-9-11-24(12-10-20)39-16-23(38)15-37/h3-13,23,37-38H,15-17H2,1H3,(H2,33,36)/t23-/m0/s1. The van der Waals surface area contributed by atoms with Gasteiger partial charge in [-0.15, -0.1) is 0 Å². The molecule has 10 heteroatoms. The summed E-state index contributed by atoms with van der Waals surface area (Å²) in [6.07, 6.45) is -0.995. The predicted octanol–water partition coefficient (Wildman–Crippen LogP) is 5.89. The molecule has 0 aliphatic rings. The van der Waals surface area contributed by atoms with Gasteiger partial charge >= 0.3 is 0 Å². The molecular weight excluding hydrogens is 538 g/mol. The maximum atomic E-state index is 10.1. The smallest absolute Gasteiger partial charge is 0.236 e. The topological polar surface area (TPSA) is 143 Å². The van der Waals surface area contributed by atoms with Crippen LogP contribution in [0.3, 0.4) is 0 Å². The van der Waals surface area contributed by atoms with Gasteiger partial charge in [-0.3, -0.25) is 0 Å². The second-order valence-electron chi connectivity index (χ2n) is 9.17. The van der Waals surface area contributed by atoms with Crippen LogP contribution < -0.4 is 10.5 Å². The first-order valence-corrected chi connectivity index (χ1v) is 13.6. The Hall–Kier alpha value is -4.87. The number of anilines is 1. The van der Waals surface area contributed by atoms with Crippen molar-refractivity contribution in [3.05, 3.63) is 95.2 Å². The van der Waals surface area contributed by atoms with Crippen molar-refractivity contribution in [3.8, 4) is 34.4 Å². The Bertz CT molecular complexity index is 1810. The molecule has 0 bridgehead atoms. The summed E-state index contributed by atoms with van der Waals surface area (Å²) in [7, 11) is 0. The fourth-order valence-corrected chi connectivity index (χ4v) is 5.28. The van der Waals surface area contributed by atoms with Crippen LogP contribution in [0.15, 0.2) is 76.2 Å². The van der Waals surface area contributed by atoms with Gasteiger partial charge < -0.3 is 25.1 Å². The number of aliphatic hydroxyl groups is 2. The van der Waals surface area contributed by atoms with E-state index in [-0.39, 0.29) is 23.7 Å². The summed E-state index contributed by atoms with van der Waals surface area (Å²) < 4.78 is 11.5. The summed E-state index contributed by atoms with van der Waals surface area (Å²) in [6, 6.07) is 23.0. The number of aliphatic hydroxyl groups excluding tert-OH is 2. The molecule has 0 saturated carbocycles. The van der Waals surface area contributed by atoms with Crippen molar-refractivity contribution >= 4 is 34.0 Å². The first-order valence-electron chi connectivity index (χ1n) is 12.6. The molecule has 0 unspecified atom stereocenters. The highest BCUT2D eigenvalue weighted by atomic mass is 32.2. The Morgan fingerprint density at radius 1 is 1.10 bits per heavy atom. The first kappa shape index (κ1) is 27.7. The van der Waals surface area contributed by atoms with Gasteiger partial charge in [-0.25, -0.2) is 14.8 Å². The van der Waals surface area contributed by atoms with Gasteiger partial charge in [-0.2, -0.15) is 5.26 Å². The van der Waals surface area contributed by atoms with Crippen LogP contribution in [0.2, 0.25) is 0 Å². The minimum atomic E-state index is -0.995. The van der Waals surface area contributed by atoms with Gasteiger partial charge in [0.05, 0.1) is 24.4 Å². The highest BCUT2D eigenvalue weighted by Gasteiger charge is 2.22. The Morgan fingerprint density at radius 3 is 2.54 bits per heavy atom. The average Bonchev–Trinajstić information content (AvgIpc) is 3.38. The number of ether oxygens (including phenoxy) is 1. The lowest BCUT2D eigenvalue weighted by molar-refractivity contribution is 0.0536. The third-order valence-corrected chi connectivity index (χ3v) is 7.41. The Labute approximate surface area is 240 Å². The lowest BCUT2D eigenvalue weighted by Crippen LogP contribution is -2.21. The van der Waals surface area contributed by atoms with E-state index in [1.54, 1.807) is 24.3 Å². The summed E-state index contributed by atoms with van der Waals surface area (Å²) >= 11 is 1.29. The van der Waals surface area contributed by atoms with Gasteiger partial charge in [0.15, 0.2) is 0 Å².